The molecule has 0 radical (unpaired) electrons. The van der Waals surface area contributed by atoms with Crippen LogP contribution in [-0.4, -0.2) is 44.7 Å². The van der Waals surface area contributed by atoms with Crippen molar-refractivity contribution in [2.45, 2.75) is 45.3 Å². The number of ether oxygens (including phenoxy) is 1. The highest BCUT2D eigenvalue weighted by Crippen LogP contribution is 2.29. The number of nitrogens with two attached hydrogens (primary N) is 1. The van der Waals surface area contributed by atoms with Gasteiger partial charge in [-0.3, -0.25) is 4.79 Å². The number of carbonyl (C=O) groups is 2. The number of hydrogen-bond acceptors (Lipinski definition) is 9. The van der Waals surface area contributed by atoms with Gasteiger partial charge in [0.15, 0.2) is 5.82 Å². The monoisotopic (exact) mass is 567 g/mol. The molecule has 11 nitrogen and oxygen atoms in total. The number of benzene rings is 3. The Morgan fingerprint density at radius 3 is 2.43 bits per heavy atom. The van der Waals surface area contributed by atoms with Gasteiger partial charge in [-0.1, -0.05) is 57.2 Å². The zero-order valence-electron chi connectivity index (χ0n) is 23.6. The molecule has 1 unspecified atom stereocenters. The van der Waals surface area contributed by atoms with Crippen LogP contribution in [-0.2, 0) is 23.2 Å². The third-order valence-corrected chi connectivity index (χ3v) is 6.92. The summed E-state index contributed by atoms with van der Waals surface area (Å²) in [4.78, 5) is 37.3. The molecule has 1 aromatic heterocycles. The summed E-state index contributed by atoms with van der Waals surface area (Å²) in [5.41, 5.74) is 10.8. The maximum Gasteiger partial charge on any atom is 0.407 e. The molecule has 0 bridgehead atoms. The summed E-state index contributed by atoms with van der Waals surface area (Å²) in [6.07, 6.45) is 0.248. The summed E-state index contributed by atoms with van der Waals surface area (Å²) in [6, 6.07) is 20.2. The lowest BCUT2D eigenvalue weighted by Gasteiger charge is -2.19. The van der Waals surface area contributed by atoms with Crippen LogP contribution >= 0.6 is 0 Å². The fraction of sp³-hybridized carbons (Fsp3) is 0.258. The fourth-order valence-corrected chi connectivity index (χ4v) is 4.64. The Balaban J connectivity index is 1.34. The second-order valence-electron chi connectivity index (χ2n) is 11.1. The molecule has 0 aliphatic carbocycles. The summed E-state index contributed by atoms with van der Waals surface area (Å²) >= 11 is 0. The zero-order chi connectivity index (χ0) is 29.9. The van der Waals surface area contributed by atoms with Crippen molar-refractivity contribution in [1.29, 1.82) is 0 Å². The number of alkyl carbamates (subject to hydrolysis) is 1. The van der Waals surface area contributed by atoms with Gasteiger partial charge in [-0.05, 0) is 53.3 Å². The molecule has 0 saturated carbocycles. The molecule has 1 fully saturated rings. The van der Waals surface area contributed by atoms with Gasteiger partial charge in [0.05, 0.1) is 12.6 Å². The summed E-state index contributed by atoms with van der Waals surface area (Å²) < 4.78 is 4.94. The molecule has 1 aliphatic rings. The second-order valence-corrected chi connectivity index (χ2v) is 11.1. The van der Waals surface area contributed by atoms with Crippen molar-refractivity contribution in [3.63, 3.8) is 0 Å². The average molecular weight is 568 g/mol. The quantitative estimate of drug-likeness (QED) is 0.205. The van der Waals surface area contributed by atoms with Crippen molar-refractivity contribution < 1.29 is 19.4 Å². The number of carbonyl (C=O) groups excluding carboxylic acids is 2. The van der Waals surface area contributed by atoms with Crippen molar-refractivity contribution in [3.8, 4) is 11.4 Å². The third kappa shape index (κ3) is 6.64. The van der Waals surface area contributed by atoms with Gasteiger partial charge in [0.2, 0.25) is 11.9 Å². The minimum absolute atomic E-state index is 0.00615. The van der Waals surface area contributed by atoms with Crippen LogP contribution in [0.1, 0.15) is 47.8 Å². The third-order valence-electron chi connectivity index (χ3n) is 6.92. The zero-order valence-corrected chi connectivity index (χ0v) is 23.6. The number of rotatable bonds is 8. The van der Waals surface area contributed by atoms with Crippen LogP contribution in [0.15, 0.2) is 66.7 Å². The Bertz CT molecular complexity index is 1600. The van der Waals surface area contributed by atoms with E-state index >= 15 is 0 Å². The van der Waals surface area contributed by atoms with Crippen LogP contribution in [0.5, 0.6) is 0 Å². The van der Waals surface area contributed by atoms with Crippen molar-refractivity contribution >= 4 is 35.3 Å². The van der Waals surface area contributed by atoms with E-state index in [1.165, 1.54) is 0 Å². The molecule has 5 rings (SSSR count). The number of amides is 2. The molecule has 216 valence electrons. The minimum atomic E-state index is -0.398. The number of nitrogens with one attached hydrogen (secondary N) is 3. The molecule has 1 saturated heterocycles. The number of nitrogens with zero attached hydrogens (tertiary/aromatic N) is 3. The predicted molar refractivity (Wildman–Crippen MR) is 160 cm³/mol. The highest BCUT2D eigenvalue weighted by molar-refractivity contribution is 6.05. The van der Waals surface area contributed by atoms with E-state index in [-0.39, 0.29) is 41.7 Å². The van der Waals surface area contributed by atoms with E-state index in [0.29, 0.717) is 35.4 Å². The Morgan fingerprint density at radius 2 is 1.79 bits per heavy atom. The summed E-state index contributed by atoms with van der Waals surface area (Å²) in [6.45, 7) is 6.32. The van der Waals surface area contributed by atoms with E-state index in [1.807, 2.05) is 36.4 Å². The lowest BCUT2D eigenvalue weighted by Crippen LogP contribution is -2.28. The van der Waals surface area contributed by atoms with Gasteiger partial charge < -0.3 is 31.5 Å². The van der Waals surface area contributed by atoms with Gasteiger partial charge in [-0.25, -0.2) is 4.79 Å². The molecule has 6 N–H and O–H groups in total. The number of aliphatic hydroxyl groups excluding tert-OH is 1. The number of cyclic esters (lactones) is 1. The molecule has 4 aromatic rings. The molecule has 11 heteroatoms. The summed E-state index contributed by atoms with van der Waals surface area (Å²) in [7, 11) is 0. The van der Waals surface area contributed by atoms with Gasteiger partial charge in [-0.15, -0.1) is 0 Å². The SMILES string of the molecule is CC(C)(C)c1ccc(C(=O)Nc2cccc(-c3nc(N)nc(Nc4ccc(CC5COC(=O)N5)cc4)n3)c2CO)cc1. The largest absolute Gasteiger partial charge is 0.447 e. The van der Waals surface area contributed by atoms with E-state index in [2.05, 4.69) is 51.7 Å². The maximum absolute atomic E-state index is 13.0. The highest BCUT2D eigenvalue weighted by Gasteiger charge is 2.22. The lowest BCUT2D eigenvalue weighted by atomic mass is 9.86. The van der Waals surface area contributed by atoms with Gasteiger partial charge >= 0.3 is 6.09 Å². The van der Waals surface area contributed by atoms with Crippen LogP contribution < -0.4 is 21.7 Å². The molecule has 42 heavy (non-hydrogen) atoms. The van der Waals surface area contributed by atoms with Gasteiger partial charge in [-0.2, -0.15) is 15.0 Å². The first kappa shape index (κ1) is 28.5. The van der Waals surface area contributed by atoms with Crippen LogP contribution in [0.25, 0.3) is 11.4 Å². The first-order chi connectivity index (χ1) is 20.1. The Morgan fingerprint density at radius 1 is 1.05 bits per heavy atom. The van der Waals surface area contributed by atoms with E-state index in [0.717, 1.165) is 16.8 Å². The standard InChI is InChI=1S/C31H33N7O4/c1-31(2,3)20-11-9-19(10-12-20)27(40)35-25-6-4-5-23(24(25)16-39)26-36-28(32)38-29(37-26)33-21-13-7-18(8-14-21)15-22-17-42-30(41)34-22/h4-14,22,39H,15-17H2,1-3H3,(H,34,41)(H,35,40)(H3,32,33,36,37,38). The fourth-order valence-electron chi connectivity index (χ4n) is 4.64. The lowest BCUT2D eigenvalue weighted by molar-refractivity contribution is 0.102. The number of aromatic nitrogens is 3. The van der Waals surface area contributed by atoms with Crippen molar-refractivity contribution in [1.82, 2.24) is 20.3 Å². The van der Waals surface area contributed by atoms with E-state index in [9.17, 15) is 14.7 Å². The van der Waals surface area contributed by atoms with Gasteiger partial charge in [0.1, 0.15) is 6.61 Å². The predicted octanol–water partition coefficient (Wildman–Crippen LogP) is 4.56. The number of nitrogen functional groups attached to an aromatic ring is 1. The molecule has 2 amide bonds. The highest BCUT2D eigenvalue weighted by atomic mass is 16.6. The summed E-state index contributed by atoms with van der Waals surface area (Å²) in [5, 5.41) is 19.1. The molecule has 0 spiro atoms. The number of anilines is 4. The van der Waals surface area contributed by atoms with Crippen LogP contribution in [0, 0.1) is 0 Å². The molecular formula is C31H33N7O4. The topological polar surface area (TPSA) is 164 Å². The molecular weight excluding hydrogens is 534 g/mol. The van der Waals surface area contributed by atoms with Crippen molar-refractivity contribution in [2.24, 2.45) is 0 Å². The number of hydrogen-bond donors (Lipinski definition) is 5. The van der Waals surface area contributed by atoms with E-state index < -0.39 is 6.09 Å². The smallest absolute Gasteiger partial charge is 0.407 e. The van der Waals surface area contributed by atoms with Crippen molar-refractivity contribution in [3.05, 3.63) is 89.0 Å². The Labute approximate surface area is 243 Å². The maximum atomic E-state index is 13.0. The molecule has 2 heterocycles. The van der Waals surface area contributed by atoms with Crippen LogP contribution in [0.3, 0.4) is 0 Å². The Hall–Kier alpha value is -5.03. The second kappa shape index (κ2) is 11.8. The first-order valence-electron chi connectivity index (χ1n) is 13.5. The first-order valence-corrected chi connectivity index (χ1v) is 13.5. The van der Waals surface area contributed by atoms with E-state index in [1.54, 1.807) is 30.3 Å². The van der Waals surface area contributed by atoms with Crippen LogP contribution in [0.4, 0.5) is 28.1 Å². The van der Waals surface area contributed by atoms with Crippen molar-refractivity contribution in [2.75, 3.05) is 23.0 Å². The molecule has 3 aromatic carbocycles. The van der Waals surface area contributed by atoms with Gasteiger partial charge in [0, 0.05) is 28.1 Å². The number of aliphatic hydroxyl groups is 1. The molecule has 1 aliphatic heterocycles. The average Bonchev–Trinajstić information content (AvgIpc) is 3.37. The Kier molecular flexibility index (Phi) is 8.03. The van der Waals surface area contributed by atoms with Crippen LogP contribution in [0.2, 0.25) is 0 Å². The molecule has 1 atom stereocenters. The summed E-state index contributed by atoms with van der Waals surface area (Å²) in [5.74, 6) is 0.159. The normalized spacial score (nSPS) is 14.7. The minimum Gasteiger partial charge on any atom is -0.447 e. The van der Waals surface area contributed by atoms with E-state index in [4.69, 9.17) is 10.5 Å². The van der Waals surface area contributed by atoms with Gasteiger partial charge in [0.25, 0.3) is 5.91 Å².